The van der Waals surface area contributed by atoms with Crippen LogP contribution in [0.15, 0.2) is 54.6 Å². The molecule has 3 aromatic carbocycles. The minimum absolute atomic E-state index is 0.162. The van der Waals surface area contributed by atoms with Crippen molar-refractivity contribution in [3.05, 3.63) is 105 Å². The smallest absolute Gasteiger partial charge is 0.210 e. The summed E-state index contributed by atoms with van der Waals surface area (Å²) in [4.78, 5) is 13.1. The van der Waals surface area contributed by atoms with Gasteiger partial charge < -0.3 is 10.0 Å². The molecule has 0 unspecified atom stereocenters. The van der Waals surface area contributed by atoms with Gasteiger partial charge in [0.1, 0.15) is 5.82 Å². The summed E-state index contributed by atoms with van der Waals surface area (Å²) in [5, 5.41) is 8.52. The van der Waals surface area contributed by atoms with Gasteiger partial charge in [0, 0.05) is 13.1 Å². The second-order valence-electron chi connectivity index (χ2n) is 10.6. The van der Waals surface area contributed by atoms with Gasteiger partial charge in [-0.25, -0.2) is 4.39 Å². The zero-order chi connectivity index (χ0) is 27.8. The number of hydrogen-bond donors (Lipinski definition) is 1. The van der Waals surface area contributed by atoms with Crippen molar-refractivity contribution in [2.75, 3.05) is 0 Å². The highest BCUT2D eigenvalue weighted by molar-refractivity contribution is 5.84. The molecule has 1 heterocycles. The largest absolute Gasteiger partial charge is 0.391 e. The van der Waals surface area contributed by atoms with Gasteiger partial charge in [0.05, 0.1) is 5.60 Å². The topological polar surface area (TPSA) is 40.5 Å². The van der Waals surface area contributed by atoms with Gasteiger partial charge in [0.2, 0.25) is 6.41 Å². The molecule has 3 nitrogen and oxygen atoms in total. The lowest BCUT2D eigenvalue weighted by atomic mass is 9.84. The van der Waals surface area contributed by atoms with E-state index in [0.29, 0.717) is 0 Å². The second kappa shape index (κ2) is 13.3. The molecule has 4 heteroatoms. The quantitative estimate of drug-likeness (QED) is 0.291. The molecule has 1 aliphatic rings. The maximum absolute atomic E-state index is 12.2. The molecule has 0 saturated carbocycles. The fraction of sp³-hybridized carbons (Fsp3) is 0.364. The number of aliphatic hydroxyl groups is 1. The molecule has 1 N–H and O–H groups in total. The summed E-state index contributed by atoms with van der Waals surface area (Å²) in [6.07, 6.45) is 4.24. The number of rotatable bonds is 4. The van der Waals surface area contributed by atoms with E-state index in [0.717, 1.165) is 31.5 Å². The van der Waals surface area contributed by atoms with E-state index in [9.17, 15) is 9.18 Å². The maximum atomic E-state index is 12.2. The van der Waals surface area contributed by atoms with E-state index in [2.05, 4.69) is 58.0 Å². The molecule has 0 atom stereocenters. The summed E-state index contributed by atoms with van der Waals surface area (Å²) in [6.45, 7) is 17.4. The SMILES string of the molecule is CC(C)(C)O.CCc1c(C)c2c(c(C)c1/C(C)=C/c1ccccc1)CN(C=O)C2.Cc1cccc(F)c1. The minimum atomic E-state index is -0.500. The zero-order valence-electron chi connectivity index (χ0n) is 23.7. The van der Waals surface area contributed by atoms with E-state index >= 15 is 0 Å². The van der Waals surface area contributed by atoms with Gasteiger partial charge in [0.15, 0.2) is 0 Å². The molecule has 0 spiro atoms. The summed E-state index contributed by atoms with van der Waals surface area (Å²) in [6, 6.07) is 17.0. The van der Waals surface area contributed by atoms with Crippen molar-refractivity contribution < 1.29 is 14.3 Å². The highest BCUT2D eigenvalue weighted by Gasteiger charge is 2.26. The molecule has 1 amide bonds. The predicted octanol–water partition coefficient (Wildman–Crippen LogP) is 7.81. The first-order valence-electron chi connectivity index (χ1n) is 12.9. The Morgan fingerprint density at radius 1 is 0.973 bits per heavy atom. The van der Waals surface area contributed by atoms with Crippen LogP contribution in [0.25, 0.3) is 11.6 Å². The number of carbonyl (C=O) groups is 1. The molecule has 0 radical (unpaired) electrons. The van der Waals surface area contributed by atoms with E-state index in [1.807, 2.05) is 24.0 Å². The average Bonchev–Trinajstić information content (AvgIpc) is 3.26. The van der Waals surface area contributed by atoms with Gasteiger partial charge in [-0.2, -0.15) is 0 Å². The number of allylic oxidation sites excluding steroid dienone is 1. The lowest BCUT2D eigenvalue weighted by Crippen LogP contribution is -2.12. The van der Waals surface area contributed by atoms with Crippen LogP contribution in [-0.4, -0.2) is 22.0 Å². The molecule has 198 valence electrons. The van der Waals surface area contributed by atoms with Crippen LogP contribution in [-0.2, 0) is 24.3 Å². The van der Waals surface area contributed by atoms with Crippen molar-refractivity contribution >= 4 is 18.1 Å². The minimum Gasteiger partial charge on any atom is -0.391 e. The number of hydrogen-bond acceptors (Lipinski definition) is 2. The molecule has 37 heavy (non-hydrogen) atoms. The monoisotopic (exact) mass is 503 g/mol. The van der Waals surface area contributed by atoms with Crippen LogP contribution in [0.2, 0.25) is 0 Å². The van der Waals surface area contributed by atoms with Crippen molar-refractivity contribution in [3.8, 4) is 0 Å². The van der Waals surface area contributed by atoms with Gasteiger partial charge in [-0.1, -0.05) is 55.5 Å². The number of benzene rings is 3. The fourth-order valence-corrected chi connectivity index (χ4v) is 4.62. The van der Waals surface area contributed by atoms with E-state index in [4.69, 9.17) is 5.11 Å². The van der Waals surface area contributed by atoms with Crippen molar-refractivity contribution in [2.45, 2.75) is 80.5 Å². The number of carbonyl (C=O) groups excluding carboxylic acids is 1. The average molecular weight is 504 g/mol. The molecule has 4 rings (SSSR count). The van der Waals surface area contributed by atoms with Crippen LogP contribution in [0.5, 0.6) is 0 Å². The van der Waals surface area contributed by atoms with E-state index in [1.165, 1.54) is 56.6 Å². The first kappa shape index (κ1) is 30.0. The van der Waals surface area contributed by atoms with Gasteiger partial charge in [-0.15, -0.1) is 0 Å². The first-order chi connectivity index (χ1) is 17.3. The number of nitrogens with zero attached hydrogens (tertiary/aromatic N) is 1. The number of amides is 1. The van der Waals surface area contributed by atoms with Crippen LogP contribution in [0.3, 0.4) is 0 Å². The summed E-state index contributed by atoms with van der Waals surface area (Å²) in [5.74, 6) is -0.162. The van der Waals surface area contributed by atoms with E-state index in [1.54, 1.807) is 26.8 Å². The highest BCUT2D eigenvalue weighted by atomic mass is 19.1. The molecule has 0 saturated heterocycles. The van der Waals surface area contributed by atoms with Gasteiger partial charge in [0.25, 0.3) is 0 Å². The maximum Gasteiger partial charge on any atom is 0.210 e. The molecular formula is C33H42FNO2. The van der Waals surface area contributed by atoms with Crippen LogP contribution >= 0.6 is 0 Å². The summed E-state index contributed by atoms with van der Waals surface area (Å²) < 4.78 is 12.2. The van der Waals surface area contributed by atoms with Crippen molar-refractivity contribution in [3.63, 3.8) is 0 Å². The Kier molecular flexibility index (Phi) is 10.8. The molecule has 0 aromatic heterocycles. The van der Waals surface area contributed by atoms with Crippen molar-refractivity contribution in [2.24, 2.45) is 0 Å². The van der Waals surface area contributed by atoms with Crippen molar-refractivity contribution in [1.29, 1.82) is 0 Å². The Morgan fingerprint density at radius 3 is 2.00 bits per heavy atom. The third-order valence-corrected chi connectivity index (χ3v) is 6.18. The number of halogens is 1. The second-order valence-corrected chi connectivity index (χ2v) is 10.6. The normalized spacial score (nSPS) is 12.7. The third-order valence-electron chi connectivity index (χ3n) is 6.18. The highest BCUT2D eigenvalue weighted by Crippen LogP contribution is 2.37. The van der Waals surface area contributed by atoms with Crippen LogP contribution in [0.4, 0.5) is 4.39 Å². The number of aryl methyl sites for hydroxylation is 1. The Balaban J connectivity index is 0.000000304. The van der Waals surface area contributed by atoms with Crippen LogP contribution in [0, 0.1) is 26.6 Å². The molecule has 0 aliphatic carbocycles. The van der Waals surface area contributed by atoms with Crippen molar-refractivity contribution in [1.82, 2.24) is 4.90 Å². The Hall–Kier alpha value is -3.24. The molecule has 0 fully saturated rings. The zero-order valence-corrected chi connectivity index (χ0v) is 23.7. The third kappa shape index (κ3) is 8.98. The molecule has 1 aliphatic heterocycles. The fourth-order valence-electron chi connectivity index (χ4n) is 4.62. The van der Waals surface area contributed by atoms with E-state index < -0.39 is 5.60 Å². The lowest BCUT2D eigenvalue weighted by Gasteiger charge is -2.20. The van der Waals surface area contributed by atoms with Gasteiger partial charge in [-0.3, -0.25) is 4.79 Å². The summed E-state index contributed by atoms with van der Waals surface area (Å²) in [5.41, 5.74) is 11.2. The van der Waals surface area contributed by atoms with Crippen LogP contribution in [0.1, 0.15) is 79.1 Å². The lowest BCUT2D eigenvalue weighted by molar-refractivity contribution is -0.118. The Morgan fingerprint density at radius 2 is 1.54 bits per heavy atom. The number of fused-ring (bicyclic) bond motifs is 1. The van der Waals surface area contributed by atoms with Gasteiger partial charge >= 0.3 is 0 Å². The molecular weight excluding hydrogens is 461 g/mol. The summed E-state index contributed by atoms with van der Waals surface area (Å²) in [7, 11) is 0. The Labute approximate surface area is 222 Å². The first-order valence-corrected chi connectivity index (χ1v) is 12.9. The Bertz CT molecular complexity index is 1200. The molecule has 0 bridgehead atoms. The standard InChI is InChI=1S/C22H25NO.C7H7F.C4H10O/c1-5-19-16(3)20-12-23(14-24)13-21(20)17(4)22(19)15(2)11-18-9-7-6-8-10-18;1-6-3-2-4-7(8)5-6;1-4(2,3)5/h6-11,14H,5,12-13H2,1-4H3;2-5H,1H3;5H,1-3H3/b15-11+;;. The van der Waals surface area contributed by atoms with Crippen LogP contribution < -0.4 is 0 Å². The predicted molar refractivity (Wildman–Crippen MR) is 154 cm³/mol. The van der Waals surface area contributed by atoms with E-state index in [-0.39, 0.29) is 5.82 Å². The summed E-state index contributed by atoms with van der Waals surface area (Å²) >= 11 is 0. The van der Waals surface area contributed by atoms with Gasteiger partial charge in [-0.05, 0) is 117 Å². The molecule has 3 aromatic rings.